The fraction of sp³-hybridized carbons (Fsp3) is 0.0909. The molecule has 170 valence electrons. The Labute approximate surface area is 192 Å². The van der Waals surface area contributed by atoms with Crippen molar-refractivity contribution >= 4 is 38.6 Å². The molecule has 0 spiro atoms. The lowest BCUT2D eigenvalue weighted by molar-refractivity contribution is -0.274. The van der Waals surface area contributed by atoms with Crippen LogP contribution in [0.25, 0.3) is 10.9 Å². The molecule has 0 radical (unpaired) electrons. The Morgan fingerprint density at radius 2 is 1.76 bits per heavy atom. The highest BCUT2D eigenvalue weighted by molar-refractivity contribution is 9.10. The number of amides is 1. The van der Waals surface area contributed by atoms with Crippen LogP contribution in [0.1, 0.15) is 15.9 Å². The van der Waals surface area contributed by atoms with Crippen molar-refractivity contribution in [1.29, 1.82) is 0 Å². The molecule has 33 heavy (non-hydrogen) atoms. The molecule has 0 bridgehead atoms. The number of ether oxygens (including phenoxy) is 2. The Kier molecular flexibility index (Phi) is 6.23. The predicted octanol–water partition coefficient (Wildman–Crippen LogP) is 6.19. The number of hydrogen-bond donors (Lipinski definition) is 2. The fourth-order valence-electron chi connectivity index (χ4n) is 2.97. The summed E-state index contributed by atoms with van der Waals surface area (Å²) in [7, 11) is 0. The van der Waals surface area contributed by atoms with Crippen LogP contribution >= 0.6 is 15.9 Å². The van der Waals surface area contributed by atoms with E-state index in [1.165, 1.54) is 18.2 Å². The number of H-pyrrole nitrogens is 1. The topological polar surface area (TPSA) is 76.2 Å². The van der Waals surface area contributed by atoms with Gasteiger partial charge in [-0.3, -0.25) is 9.89 Å². The zero-order valence-corrected chi connectivity index (χ0v) is 18.1. The van der Waals surface area contributed by atoms with Gasteiger partial charge in [0.05, 0.1) is 5.52 Å². The minimum atomic E-state index is -4.82. The molecule has 4 aromatic rings. The zero-order chi connectivity index (χ0) is 23.6. The van der Waals surface area contributed by atoms with E-state index in [1.807, 2.05) is 0 Å². The van der Waals surface area contributed by atoms with Crippen molar-refractivity contribution in [3.05, 3.63) is 82.1 Å². The summed E-state index contributed by atoms with van der Waals surface area (Å²) in [6.45, 7) is -0.00346. The van der Waals surface area contributed by atoms with Crippen LogP contribution in [0.3, 0.4) is 0 Å². The first kappa shape index (κ1) is 22.6. The number of nitrogens with zero attached hydrogens (tertiary/aromatic N) is 1. The third-order valence-electron chi connectivity index (χ3n) is 4.53. The van der Waals surface area contributed by atoms with Crippen molar-refractivity contribution in [2.75, 3.05) is 5.32 Å². The summed E-state index contributed by atoms with van der Waals surface area (Å²) in [6, 6.07) is 14.1. The van der Waals surface area contributed by atoms with Crippen molar-refractivity contribution in [3.63, 3.8) is 0 Å². The van der Waals surface area contributed by atoms with Crippen LogP contribution in [0.5, 0.6) is 11.5 Å². The van der Waals surface area contributed by atoms with Gasteiger partial charge in [0, 0.05) is 21.0 Å². The number of benzene rings is 3. The lowest BCUT2D eigenvalue weighted by Gasteiger charge is -2.09. The fourth-order valence-corrected chi connectivity index (χ4v) is 3.30. The first-order valence-corrected chi connectivity index (χ1v) is 10.2. The second-order valence-corrected chi connectivity index (χ2v) is 7.75. The number of aromatic amines is 1. The molecular weight excluding hydrogens is 510 g/mol. The monoisotopic (exact) mass is 523 g/mol. The highest BCUT2D eigenvalue weighted by Gasteiger charge is 2.31. The van der Waals surface area contributed by atoms with Gasteiger partial charge in [-0.1, -0.05) is 22.0 Å². The van der Waals surface area contributed by atoms with E-state index in [0.29, 0.717) is 26.7 Å². The van der Waals surface area contributed by atoms with Gasteiger partial charge >= 0.3 is 6.36 Å². The summed E-state index contributed by atoms with van der Waals surface area (Å²) in [5.74, 6) is -0.798. The van der Waals surface area contributed by atoms with Crippen molar-refractivity contribution < 1.29 is 31.8 Å². The van der Waals surface area contributed by atoms with Gasteiger partial charge in [-0.25, -0.2) is 4.39 Å². The summed E-state index contributed by atoms with van der Waals surface area (Å²) in [6.07, 6.45) is -4.82. The number of halogens is 5. The van der Waals surface area contributed by atoms with Gasteiger partial charge in [-0.05, 0) is 54.6 Å². The lowest BCUT2D eigenvalue weighted by Crippen LogP contribution is -2.17. The van der Waals surface area contributed by atoms with Gasteiger partial charge < -0.3 is 14.8 Å². The number of rotatable bonds is 6. The molecule has 0 aliphatic carbocycles. The van der Waals surface area contributed by atoms with Crippen LogP contribution in [-0.2, 0) is 6.61 Å². The summed E-state index contributed by atoms with van der Waals surface area (Å²) in [4.78, 5) is 12.5. The molecule has 0 fully saturated rings. The maximum atomic E-state index is 14.0. The molecule has 0 aliphatic heterocycles. The minimum absolute atomic E-state index is 0.00346. The summed E-state index contributed by atoms with van der Waals surface area (Å²) in [5, 5.41) is 9.96. The molecule has 2 N–H and O–H groups in total. The predicted molar refractivity (Wildman–Crippen MR) is 116 cm³/mol. The molecule has 0 atom stereocenters. The van der Waals surface area contributed by atoms with Gasteiger partial charge in [-0.15, -0.1) is 13.2 Å². The van der Waals surface area contributed by atoms with Crippen molar-refractivity contribution in [3.8, 4) is 11.5 Å². The van der Waals surface area contributed by atoms with Gasteiger partial charge in [0.1, 0.15) is 23.9 Å². The number of nitrogens with one attached hydrogen (secondary N) is 2. The normalized spacial score (nSPS) is 11.4. The molecule has 0 saturated carbocycles. The molecular formula is C22H14BrF4N3O3. The summed E-state index contributed by atoms with van der Waals surface area (Å²) >= 11 is 3.20. The third kappa shape index (κ3) is 5.61. The maximum Gasteiger partial charge on any atom is 0.573 e. The maximum absolute atomic E-state index is 14.0. The first-order chi connectivity index (χ1) is 15.7. The number of alkyl halides is 3. The van der Waals surface area contributed by atoms with E-state index < -0.39 is 23.8 Å². The third-order valence-corrected chi connectivity index (χ3v) is 5.02. The summed E-state index contributed by atoms with van der Waals surface area (Å²) in [5.41, 5.74) is 1.09. The quantitative estimate of drug-likeness (QED) is 0.295. The van der Waals surface area contributed by atoms with E-state index in [9.17, 15) is 22.4 Å². The molecule has 1 heterocycles. The van der Waals surface area contributed by atoms with Crippen LogP contribution in [-0.4, -0.2) is 22.5 Å². The second-order valence-electron chi connectivity index (χ2n) is 6.83. The molecule has 3 aromatic carbocycles. The molecule has 0 aliphatic rings. The second kappa shape index (κ2) is 9.10. The van der Waals surface area contributed by atoms with E-state index in [2.05, 4.69) is 36.2 Å². The molecule has 6 nitrogen and oxygen atoms in total. The minimum Gasteiger partial charge on any atom is -0.489 e. The SMILES string of the molecule is O=C(Nc1n[nH]c2ccc(OCc3ccc(Br)cc3F)cc12)c1ccc(OC(F)(F)F)cc1. The van der Waals surface area contributed by atoms with E-state index >= 15 is 0 Å². The largest absolute Gasteiger partial charge is 0.573 e. The molecule has 0 saturated heterocycles. The average Bonchev–Trinajstić information content (AvgIpc) is 3.14. The Morgan fingerprint density at radius 1 is 1.03 bits per heavy atom. The highest BCUT2D eigenvalue weighted by Crippen LogP contribution is 2.27. The Morgan fingerprint density at radius 3 is 2.45 bits per heavy atom. The number of hydrogen-bond acceptors (Lipinski definition) is 4. The van der Waals surface area contributed by atoms with Crippen molar-refractivity contribution in [2.45, 2.75) is 13.0 Å². The Bertz CT molecular complexity index is 1310. The molecule has 1 aromatic heterocycles. The van der Waals surface area contributed by atoms with Gasteiger partial charge in [0.15, 0.2) is 5.82 Å². The van der Waals surface area contributed by atoms with Crippen LogP contribution < -0.4 is 14.8 Å². The zero-order valence-electron chi connectivity index (χ0n) is 16.5. The number of carbonyl (C=O) groups excluding carboxylic acids is 1. The van der Waals surface area contributed by atoms with E-state index in [0.717, 1.165) is 12.1 Å². The van der Waals surface area contributed by atoms with E-state index in [-0.39, 0.29) is 18.0 Å². The Hall–Kier alpha value is -3.60. The number of anilines is 1. The first-order valence-electron chi connectivity index (χ1n) is 9.40. The van der Waals surface area contributed by atoms with Crippen LogP contribution in [0.4, 0.5) is 23.4 Å². The van der Waals surface area contributed by atoms with Crippen molar-refractivity contribution in [1.82, 2.24) is 10.2 Å². The molecule has 4 rings (SSSR count). The van der Waals surface area contributed by atoms with Gasteiger partial charge in [-0.2, -0.15) is 5.10 Å². The van der Waals surface area contributed by atoms with E-state index in [1.54, 1.807) is 30.3 Å². The number of fused-ring (bicyclic) bond motifs is 1. The van der Waals surface area contributed by atoms with Crippen molar-refractivity contribution in [2.24, 2.45) is 0 Å². The molecule has 11 heteroatoms. The van der Waals surface area contributed by atoms with Crippen LogP contribution in [0.2, 0.25) is 0 Å². The highest BCUT2D eigenvalue weighted by atomic mass is 79.9. The van der Waals surface area contributed by atoms with Gasteiger partial charge in [0.2, 0.25) is 0 Å². The number of aromatic nitrogens is 2. The average molecular weight is 524 g/mol. The van der Waals surface area contributed by atoms with Gasteiger partial charge in [0.25, 0.3) is 5.91 Å². The Balaban J connectivity index is 1.47. The molecule has 0 unspecified atom stereocenters. The lowest BCUT2D eigenvalue weighted by atomic mass is 10.2. The molecule has 1 amide bonds. The number of carbonyl (C=O) groups is 1. The van der Waals surface area contributed by atoms with E-state index in [4.69, 9.17) is 4.74 Å². The standard InChI is InChI=1S/C22H14BrF4N3O3/c23-14-4-1-13(18(24)9-14)11-32-16-7-8-19-17(10-16)20(30-29-19)28-21(31)12-2-5-15(6-3-12)33-22(25,26)27/h1-10H,11H2,(H2,28,29,30,31). The van der Waals surface area contributed by atoms with Crippen LogP contribution in [0, 0.1) is 5.82 Å². The smallest absolute Gasteiger partial charge is 0.489 e. The van der Waals surface area contributed by atoms with Crippen LogP contribution in [0.15, 0.2) is 65.1 Å². The summed E-state index contributed by atoms with van der Waals surface area (Å²) < 4.78 is 60.9.